The molecule has 0 aliphatic carbocycles. The first-order valence-corrected chi connectivity index (χ1v) is 14.3. The van der Waals surface area contributed by atoms with Gasteiger partial charge in [-0.1, -0.05) is 29.5 Å². The van der Waals surface area contributed by atoms with Crippen LogP contribution in [0.2, 0.25) is 0 Å². The third-order valence-electron chi connectivity index (χ3n) is 6.45. The summed E-state index contributed by atoms with van der Waals surface area (Å²) in [6, 6.07) is 16.9. The molecule has 0 atom stereocenters. The molecule has 11 heteroatoms. The molecule has 0 bridgehead atoms. The highest BCUT2D eigenvalue weighted by molar-refractivity contribution is 7.23. The van der Waals surface area contributed by atoms with Crippen LogP contribution < -0.4 is 30.6 Å². The molecule has 9 nitrogen and oxygen atoms in total. The molecular weight excluding hydrogens is 558 g/mol. The van der Waals surface area contributed by atoms with Crippen LogP contribution in [0.15, 0.2) is 60.0 Å². The Hall–Kier alpha value is -4.61. The molecule has 0 saturated heterocycles. The van der Waals surface area contributed by atoms with Gasteiger partial charge >= 0.3 is 0 Å². The molecule has 1 amide bonds. The maximum absolute atomic E-state index is 12.8. The van der Waals surface area contributed by atoms with Crippen molar-refractivity contribution < 1.29 is 19.0 Å². The fourth-order valence-corrected chi connectivity index (χ4v) is 6.00. The van der Waals surface area contributed by atoms with Gasteiger partial charge < -0.3 is 30.6 Å². The third kappa shape index (κ3) is 5.96. The van der Waals surface area contributed by atoms with Crippen LogP contribution in [0, 0.1) is 13.8 Å². The van der Waals surface area contributed by atoms with Gasteiger partial charge in [0, 0.05) is 40.0 Å². The number of ether oxygens (including phenoxy) is 3. The summed E-state index contributed by atoms with van der Waals surface area (Å²) in [5.74, 6) is 1.77. The van der Waals surface area contributed by atoms with Crippen LogP contribution in [0.3, 0.4) is 0 Å². The Morgan fingerprint density at radius 1 is 0.878 bits per heavy atom. The minimum atomic E-state index is -0.159. The van der Waals surface area contributed by atoms with Gasteiger partial charge in [-0.2, -0.15) is 0 Å². The fourth-order valence-electron chi connectivity index (χ4n) is 4.17. The van der Waals surface area contributed by atoms with Crippen LogP contribution in [-0.2, 0) is 0 Å². The van der Waals surface area contributed by atoms with E-state index in [4.69, 9.17) is 24.9 Å². The number of carbonyl (C=O) groups excluding carboxylic acids is 1. The van der Waals surface area contributed by atoms with Crippen molar-refractivity contribution in [3.63, 3.8) is 0 Å². The Labute approximate surface area is 246 Å². The largest absolute Gasteiger partial charge is 0.493 e. The van der Waals surface area contributed by atoms with Crippen molar-refractivity contribution in [1.82, 2.24) is 9.97 Å². The molecule has 4 N–H and O–H groups in total. The lowest BCUT2D eigenvalue weighted by molar-refractivity contribution is 0.102. The van der Waals surface area contributed by atoms with E-state index < -0.39 is 0 Å². The molecule has 41 heavy (non-hydrogen) atoms. The van der Waals surface area contributed by atoms with Crippen molar-refractivity contribution in [2.75, 3.05) is 37.7 Å². The smallest absolute Gasteiger partial charge is 0.255 e. The summed E-state index contributed by atoms with van der Waals surface area (Å²) in [6.07, 6.45) is 0. The summed E-state index contributed by atoms with van der Waals surface area (Å²) in [6.45, 7) is 4.02. The third-order valence-corrected chi connectivity index (χ3v) is 8.44. The number of nitrogens with one attached hydrogen (secondary N) is 2. The summed E-state index contributed by atoms with van der Waals surface area (Å²) >= 11 is 2.87. The van der Waals surface area contributed by atoms with Crippen LogP contribution >= 0.6 is 22.7 Å². The Morgan fingerprint density at radius 3 is 2.32 bits per heavy atom. The number of nitrogen functional groups attached to an aromatic ring is 1. The van der Waals surface area contributed by atoms with Gasteiger partial charge in [0.1, 0.15) is 15.7 Å². The lowest BCUT2D eigenvalue weighted by Gasteiger charge is -2.14. The Kier molecular flexibility index (Phi) is 8.09. The first kappa shape index (κ1) is 27.9. The standard InChI is InChI=1S/C30H29N5O4S2/c1-16-9-10-19(11-17(16)2)28(36)32-20-8-6-7-18(12-20)22-15-40-29(34-22)26-27(31)35-30(41-26)33-21-13-23(37-3)25(39-5)24(14-21)38-4/h6-15H,31H2,1-5H3,(H,32,36)(H,33,35). The number of anilines is 4. The minimum Gasteiger partial charge on any atom is -0.493 e. The number of carbonyl (C=O) groups is 1. The molecule has 2 heterocycles. The van der Waals surface area contributed by atoms with Crippen LogP contribution in [-0.4, -0.2) is 37.2 Å². The first-order chi connectivity index (χ1) is 19.8. The fraction of sp³-hybridized carbons (Fsp3) is 0.167. The second kappa shape index (κ2) is 11.9. The molecule has 0 fully saturated rings. The minimum absolute atomic E-state index is 0.159. The van der Waals surface area contributed by atoms with E-state index in [1.807, 2.05) is 61.7 Å². The molecule has 0 unspecified atom stereocenters. The number of thiazole rings is 2. The Morgan fingerprint density at radius 2 is 1.63 bits per heavy atom. The summed E-state index contributed by atoms with van der Waals surface area (Å²) < 4.78 is 16.3. The molecular formula is C30H29N5O4S2. The van der Waals surface area contributed by atoms with E-state index in [9.17, 15) is 4.79 Å². The van der Waals surface area contributed by atoms with Gasteiger partial charge in [0.25, 0.3) is 5.91 Å². The quantitative estimate of drug-likeness (QED) is 0.166. The average molecular weight is 588 g/mol. The zero-order valence-corrected chi connectivity index (χ0v) is 24.8. The van der Waals surface area contributed by atoms with Crippen molar-refractivity contribution in [3.8, 4) is 38.4 Å². The van der Waals surface area contributed by atoms with Gasteiger partial charge in [-0.05, 0) is 49.2 Å². The number of nitrogens with zero attached hydrogens (tertiary/aromatic N) is 2. The molecule has 0 aliphatic rings. The second-order valence-corrected chi connectivity index (χ2v) is 11.0. The highest BCUT2D eigenvalue weighted by Gasteiger charge is 2.18. The van der Waals surface area contributed by atoms with E-state index >= 15 is 0 Å². The van der Waals surface area contributed by atoms with Crippen LogP contribution in [0.5, 0.6) is 17.2 Å². The van der Waals surface area contributed by atoms with E-state index in [0.717, 1.165) is 32.3 Å². The number of hydrogen-bond acceptors (Lipinski definition) is 10. The lowest BCUT2D eigenvalue weighted by atomic mass is 10.1. The Bertz CT molecular complexity index is 1700. The number of rotatable bonds is 9. The number of hydrogen-bond donors (Lipinski definition) is 3. The zero-order valence-electron chi connectivity index (χ0n) is 23.2. The van der Waals surface area contributed by atoms with Gasteiger partial charge in [-0.3, -0.25) is 4.79 Å². The predicted octanol–water partition coefficient (Wildman–Crippen LogP) is 7.15. The van der Waals surface area contributed by atoms with Gasteiger partial charge in [-0.15, -0.1) is 11.3 Å². The van der Waals surface area contributed by atoms with Crippen molar-refractivity contribution in [2.45, 2.75) is 13.8 Å². The number of amides is 1. The molecule has 0 saturated carbocycles. The topological polar surface area (TPSA) is 121 Å². The second-order valence-electron chi connectivity index (χ2n) is 9.14. The molecule has 3 aromatic carbocycles. The van der Waals surface area contributed by atoms with Gasteiger partial charge in [0.2, 0.25) is 5.75 Å². The molecule has 0 spiro atoms. The summed E-state index contributed by atoms with van der Waals surface area (Å²) in [5, 5.41) is 9.56. The van der Waals surface area contributed by atoms with E-state index in [1.165, 1.54) is 22.7 Å². The van der Waals surface area contributed by atoms with E-state index in [2.05, 4.69) is 15.6 Å². The molecule has 210 valence electrons. The zero-order chi connectivity index (χ0) is 29.1. The van der Waals surface area contributed by atoms with E-state index in [-0.39, 0.29) is 5.91 Å². The Balaban J connectivity index is 1.34. The van der Waals surface area contributed by atoms with Crippen LogP contribution in [0.25, 0.3) is 21.1 Å². The lowest BCUT2D eigenvalue weighted by Crippen LogP contribution is -2.12. The summed E-state index contributed by atoms with van der Waals surface area (Å²) in [5.41, 5.74) is 12.2. The molecule has 5 rings (SSSR count). The molecule has 5 aromatic rings. The van der Waals surface area contributed by atoms with Crippen molar-refractivity contribution in [1.29, 1.82) is 0 Å². The molecule has 2 aromatic heterocycles. The highest BCUT2D eigenvalue weighted by Crippen LogP contribution is 2.43. The van der Waals surface area contributed by atoms with Crippen LogP contribution in [0.4, 0.5) is 22.3 Å². The molecule has 0 radical (unpaired) electrons. The maximum Gasteiger partial charge on any atom is 0.255 e. The van der Waals surface area contributed by atoms with Gasteiger partial charge in [0.05, 0.1) is 27.0 Å². The highest BCUT2D eigenvalue weighted by atomic mass is 32.1. The average Bonchev–Trinajstić information content (AvgIpc) is 3.60. The summed E-state index contributed by atoms with van der Waals surface area (Å²) in [7, 11) is 4.69. The monoisotopic (exact) mass is 587 g/mol. The van der Waals surface area contributed by atoms with Crippen molar-refractivity contribution in [2.24, 2.45) is 0 Å². The number of nitrogens with two attached hydrogens (primary N) is 1. The van der Waals surface area contributed by atoms with Crippen LogP contribution in [0.1, 0.15) is 21.5 Å². The number of methoxy groups -OCH3 is 3. The number of aryl methyl sites for hydroxylation is 2. The summed E-state index contributed by atoms with van der Waals surface area (Å²) in [4.78, 5) is 22.9. The van der Waals surface area contributed by atoms with E-state index in [0.29, 0.717) is 45.1 Å². The van der Waals surface area contributed by atoms with Gasteiger partial charge in [0.15, 0.2) is 16.6 Å². The molecule has 0 aliphatic heterocycles. The van der Waals surface area contributed by atoms with Crippen molar-refractivity contribution >= 4 is 50.9 Å². The number of aromatic nitrogens is 2. The number of benzene rings is 3. The normalized spacial score (nSPS) is 10.8. The first-order valence-electron chi connectivity index (χ1n) is 12.6. The van der Waals surface area contributed by atoms with Crippen molar-refractivity contribution in [3.05, 3.63) is 76.7 Å². The van der Waals surface area contributed by atoms with Gasteiger partial charge in [-0.25, -0.2) is 9.97 Å². The van der Waals surface area contributed by atoms with E-state index in [1.54, 1.807) is 33.5 Å². The predicted molar refractivity (Wildman–Crippen MR) is 166 cm³/mol. The maximum atomic E-state index is 12.8. The SMILES string of the molecule is COc1cc(Nc2nc(N)c(-c3nc(-c4cccc(NC(=O)c5ccc(C)c(C)c5)c4)cs3)s2)cc(OC)c1OC.